The van der Waals surface area contributed by atoms with Gasteiger partial charge in [0.2, 0.25) is 5.91 Å². The highest BCUT2D eigenvalue weighted by Gasteiger charge is 2.26. The number of methoxy groups -OCH3 is 1. The molecule has 1 heterocycles. The quantitative estimate of drug-likeness (QED) is 0.661. The molecule has 27 heavy (non-hydrogen) atoms. The van der Waals surface area contributed by atoms with E-state index >= 15 is 0 Å². The maximum atomic E-state index is 12.2. The van der Waals surface area contributed by atoms with Crippen LogP contribution in [0.5, 0.6) is 11.5 Å². The monoisotopic (exact) mass is 416 g/mol. The highest BCUT2D eigenvalue weighted by atomic mass is 35.5. The van der Waals surface area contributed by atoms with E-state index in [0.29, 0.717) is 56.9 Å². The molecule has 2 rings (SSSR count). The molecule has 0 aliphatic carbocycles. The van der Waals surface area contributed by atoms with Crippen molar-refractivity contribution in [2.45, 2.75) is 43.5 Å². The second kappa shape index (κ2) is 10.6. The van der Waals surface area contributed by atoms with Crippen LogP contribution in [0.3, 0.4) is 0 Å². The summed E-state index contributed by atoms with van der Waals surface area (Å²) in [6, 6.07) is 5.78. The van der Waals surface area contributed by atoms with E-state index < -0.39 is 4.84 Å². The van der Waals surface area contributed by atoms with E-state index in [1.165, 1.54) is 0 Å². The summed E-state index contributed by atoms with van der Waals surface area (Å²) >= 11 is 11.2. The zero-order chi connectivity index (χ0) is 19.8. The van der Waals surface area contributed by atoms with Crippen LogP contribution in [0.4, 0.5) is 0 Å². The van der Waals surface area contributed by atoms with Crippen molar-refractivity contribution in [2.75, 3.05) is 26.8 Å². The molecule has 1 N–H and O–H groups in total. The number of nitrogens with one attached hydrogen (secondary N) is 1. The van der Waals surface area contributed by atoms with Gasteiger partial charge >= 0.3 is 0 Å². The van der Waals surface area contributed by atoms with Gasteiger partial charge in [0, 0.05) is 25.6 Å². The Morgan fingerprint density at radius 2 is 1.96 bits per heavy atom. The van der Waals surface area contributed by atoms with Gasteiger partial charge in [0.25, 0.3) is 5.91 Å². The Labute approximate surface area is 170 Å². The molecule has 8 heteroatoms. The van der Waals surface area contributed by atoms with Gasteiger partial charge in [0.05, 0.1) is 13.7 Å². The number of likely N-dealkylation sites (tertiary alicyclic amines) is 1. The Hall–Kier alpha value is -1.66. The lowest BCUT2D eigenvalue weighted by Gasteiger charge is -2.32. The minimum Gasteiger partial charge on any atom is -0.493 e. The van der Waals surface area contributed by atoms with Gasteiger partial charge in [-0.25, -0.2) is 0 Å². The third-order valence-electron chi connectivity index (χ3n) is 4.53. The van der Waals surface area contributed by atoms with Crippen LogP contribution in [-0.2, 0) is 16.0 Å². The molecule has 1 aliphatic heterocycles. The van der Waals surface area contributed by atoms with E-state index in [-0.39, 0.29) is 17.9 Å². The van der Waals surface area contributed by atoms with Gasteiger partial charge in [-0.15, -0.1) is 0 Å². The van der Waals surface area contributed by atoms with Crippen molar-refractivity contribution in [3.63, 3.8) is 0 Å². The van der Waals surface area contributed by atoms with Crippen molar-refractivity contribution in [2.24, 2.45) is 0 Å². The molecular formula is C19H26Cl2N2O4. The van der Waals surface area contributed by atoms with E-state index in [0.717, 1.165) is 5.56 Å². The van der Waals surface area contributed by atoms with Gasteiger partial charge in [-0.1, -0.05) is 29.3 Å². The summed E-state index contributed by atoms with van der Waals surface area (Å²) in [7, 11) is 1.60. The van der Waals surface area contributed by atoms with Gasteiger partial charge in [0.15, 0.2) is 16.3 Å². The number of amides is 2. The molecule has 6 nitrogen and oxygen atoms in total. The molecule has 0 radical (unpaired) electrons. The van der Waals surface area contributed by atoms with Crippen LogP contribution in [0.25, 0.3) is 0 Å². The topological polar surface area (TPSA) is 67.9 Å². The largest absolute Gasteiger partial charge is 0.493 e. The van der Waals surface area contributed by atoms with Crippen LogP contribution in [-0.4, -0.2) is 54.4 Å². The first-order valence-electron chi connectivity index (χ1n) is 9.10. The van der Waals surface area contributed by atoms with Crippen LogP contribution in [0.15, 0.2) is 18.2 Å². The molecule has 0 aromatic heterocycles. The summed E-state index contributed by atoms with van der Waals surface area (Å²) in [6.45, 7) is 3.59. The van der Waals surface area contributed by atoms with E-state index in [2.05, 4.69) is 5.32 Å². The zero-order valence-corrected chi connectivity index (χ0v) is 17.2. The molecule has 0 bridgehead atoms. The molecule has 1 fully saturated rings. The maximum absolute atomic E-state index is 12.2. The molecule has 1 aromatic carbocycles. The number of carbonyl (C=O) groups is 2. The average Bonchev–Trinajstić information content (AvgIpc) is 2.67. The minimum absolute atomic E-state index is 0.000177. The number of aryl methyl sites for hydroxylation is 1. The standard InChI is InChI=1S/C19H26Cl2N2O4/c1-3-27-15-6-4-13(12-16(15)26-2)5-7-17(24)22-14-8-10-23(11-9-14)19(25)18(20)21/h4,6,12,14,18H,3,5,7-11H2,1-2H3,(H,22,24). The first kappa shape index (κ1) is 21.6. The SMILES string of the molecule is CCOc1ccc(CCC(=O)NC2CCN(C(=O)C(Cl)Cl)CC2)cc1OC. The molecule has 0 saturated carbocycles. The predicted octanol–water partition coefficient (Wildman–Crippen LogP) is 2.94. The molecule has 1 aliphatic rings. The third-order valence-corrected chi connectivity index (χ3v) is 4.90. The molecule has 1 saturated heterocycles. The van der Waals surface area contributed by atoms with Crippen LogP contribution >= 0.6 is 23.2 Å². The van der Waals surface area contributed by atoms with Crippen LogP contribution in [0, 0.1) is 0 Å². The highest BCUT2D eigenvalue weighted by molar-refractivity contribution is 6.53. The molecule has 0 atom stereocenters. The number of halogens is 2. The Morgan fingerprint density at radius 3 is 2.56 bits per heavy atom. The van der Waals surface area contributed by atoms with E-state index in [9.17, 15) is 9.59 Å². The number of nitrogens with zero attached hydrogens (tertiary/aromatic N) is 1. The normalized spacial score (nSPS) is 14.9. The smallest absolute Gasteiger partial charge is 0.255 e. The minimum atomic E-state index is -1.03. The average molecular weight is 417 g/mol. The number of benzene rings is 1. The number of piperidine rings is 1. The number of rotatable bonds is 8. The van der Waals surface area contributed by atoms with Gasteiger partial charge in [-0.3, -0.25) is 9.59 Å². The Bertz CT molecular complexity index is 647. The molecule has 150 valence electrons. The Balaban J connectivity index is 1.78. The van der Waals surface area contributed by atoms with Gasteiger partial charge < -0.3 is 19.7 Å². The maximum Gasteiger partial charge on any atom is 0.255 e. The van der Waals surface area contributed by atoms with Gasteiger partial charge in [0.1, 0.15) is 0 Å². The molecule has 0 unspecified atom stereocenters. The summed E-state index contributed by atoms with van der Waals surface area (Å²) in [6.07, 6.45) is 2.41. The first-order chi connectivity index (χ1) is 12.9. The summed E-state index contributed by atoms with van der Waals surface area (Å²) < 4.78 is 10.8. The lowest BCUT2D eigenvalue weighted by molar-refractivity contribution is -0.130. The summed E-state index contributed by atoms with van der Waals surface area (Å²) in [5.41, 5.74) is 1.01. The number of carbonyl (C=O) groups excluding carboxylic acids is 2. The van der Waals surface area contributed by atoms with Gasteiger partial charge in [-0.05, 0) is 43.9 Å². The molecule has 0 spiro atoms. The fourth-order valence-corrected chi connectivity index (χ4v) is 3.36. The lowest BCUT2D eigenvalue weighted by atomic mass is 10.0. The zero-order valence-electron chi connectivity index (χ0n) is 15.7. The van der Waals surface area contributed by atoms with E-state index in [4.69, 9.17) is 32.7 Å². The second-order valence-corrected chi connectivity index (χ2v) is 7.48. The van der Waals surface area contributed by atoms with Crippen molar-refractivity contribution in [3.8, 4) is 11.5 Å². The van der Waals surface area contributed by atoms with Crippen molar-refractivity contribution >= 4 is 35.0 Å². The number of alkyl halides is 2. The summed E-state index contributed by atoms with van der Waals surface area (Å²) in [5, 5.41) is 3.04. The first-order valence-corrected chi connectivity index (χ1v) is 9.97. The van der Waals surface area contributed by atoms with Crippen LogP contribution in [0.1, 0.15) is 31.7 Å². The van der Waals surface area contributed by atoms with Crippen LogP contribution in [0.2, 0.25) is 0 Å². The van der Waals surface area contributed by atoms with E-state index in [1.807, 2.05) is 25.1 Å². The van der Waals surface area contributed by atoms with Crippen molar-refractivity contribution in [1.29, 1.82) is 0 Å². The number of hydrogen-bond donors (Lipinski definition) is 1. The van der Waals surface area contributed by atoms with Crippen molar-refractivity contribution in [1.82, 2.24) is 10.2 Å². The molecular weight excluding hydrogens is 391 g/mol. The fourth-order valence-electron chi connectivity index (χ4n) is 3.08. The Kier molecular flexibility index (Phi) is 8.51. The van der Waals surface area contributed by atoms with Crippen molar-refractivity contribution in [3.05, 3.63) is 23.8 Å². The molecule has 1 aromatic rings. The van der Waals surface area contributed by atoms with Crippen molar-refractivity contribution < 1.29 is 19.1 Å². The van der Waals surface area contributed by atoms with Crippen LogP contribution < -0.4 is 14.8 Å². The van der Waals surface area contributed by atoms with E-state index in [1.54, 1.807) is 12.0 Å². The van der Waals surface area contributed by atoms with Gasteiger partial charge in [-0.2, -0.15) is 0 Å². The molecule has 2 amide bonds. The fraction of sp³-hybridized carbons (Fsp3) is 0.579. The lowest BCUT2D eigenvalue weighted by Crippen LogP contribution is -2.47. The predicted molar refractivity (Wildman–Crippen MR) is 106 cm³/mol. The highest BCUT2D eigenvalue weighted by Crippen LogP contribution is 2.28. The number of ether oxygens (including phenoxy) is 2. The summed E-state index contributed by atoms with van der Waals surface area (Å²) in [4.78, 5) is 24.6. The number of hydrogen-bond acceptors (Lipinski definition) is 4. The summed E-state index contributed by atoms with van der Waals surface area (Å²) in [5.74, 6) is 1.10. The second-order valence-electron chi connectivity index (χ2n) is 6.39. The third kappa shape index (κ3) is 6.47. The Morgan fingerprint density at radius 1 is 1.26 bits per heavy atom.